The summed E-state index contributed by atoms with van der Waals surface area (Å²) in [4.78, 5) is 13.6. The summed E-state index contributed by atoms with van der Waals surface area (Å²) in [6.45, 7) is 5.94. The normalized spacial score (nSPS) is 23.5. The molecular formula is C13H26N2O3S. The van der Waals surface area contributed by atoms with Gasteiger partial charge in [-0.05, 0) is 26.7 Å². The molecule has 0 aliphatic heterocycles. The first-order chi connectivity index (χ1) is 8.90. The topological polar surface area (TPSA) is 66.5 Å². The number of carbonyl (C=O) groups excluding carboxylic acids is 1. The molecule has 1 amide bonds. The lowest BCUT2D eigenvalue weighted by Gasteiger charge is -2.21. The van der Waals surface area contributed by atoms with Crippen molar-refractivity contribution in [3.8, 4) is 0 Å². The molecule has 1 fully saturated rings. The highest BCUT2D eigenvalue weighted by atomic mass is 32.2. The summed E-state index contributed by atoms with van der Waals surface area (Å²) in [5.74, 6) is 0.131. The molecule has 2 unspecified atom stereocenters. The summed E-state index contributed by atoms with van der Waals surface area (Å²) in [6, 6.07) is 0.0134. The molecule has 112 valence electrons. The highest BCUT2D eigenvalue weighted by Crippen LogP contribution is 2.24. The molecule has 1 N–H and O–H groups in total. The van der Waals surface area contributed by atoms with Gasteiger partial charge in [0.25, 0.3) is 0 Å². The molecular weight excluding hydrogens is 264 g/mol. The van der Waals surface area contributed by atoms with Crippen LogP contribution in [0.2, 0.25) is 0 Å². The lowest BCUT2D eigenvalue weighted by molar-refractivity contribution is -0.130. The van der Waals surface area contributed by atoms with E-state index in [9.17, 15) is 13.2 Å². The van der Waals surface area contributed by atoms with E-state index in [-0.39, 0.29) is 17.2 Å². The molecule has 6 heteroatoms. The minimum Gasteiger partial charge on any atom is -0.343 e. The average Bonchev–Trinajstić information content (AvgIpc) is 2.78. The lowest BCUT2D eigenvalue weighted by atomic mass is 10.2. The van der Waals surface area contributed by atoms with Gasteiger partial charge in [0.2, 0.25) is 5.91 Å². The first kappa shape index (κ1) is 16.4. The number of amides is 1. The van der Waals surface area contributed by atoms with Crippen molar-refractivity contribution >= 4 is 15.7 Å². The number of hydrogen-bond acceptors (Lipinski definition) is 4. The summed E-state index contributed by atoms with van der Waals surface area (Å²) in [5.41, 5.74) is 0. The molecule has 0 bridgehead atoms. The maximum absolute atomic E-state index is 11.8. The molecule has 1 aliphatic carbocycles. The molecule has 19 heavy (non-hydrogen) atoms. The van der Waals surface area contributed by atoms with Gasteiger partial charge in [0.1, 0.15) is 0 Å². The van der Waals surface area contributed by atoms with Gasteiger partial charge in [-0.3, -0.25) is 4.79 Å². The van der Waals surface area contributed by atoms with Crippen molar-refractivity contribution in [3.63, 3.8) is 0 Å². The van der Waals surface area contributed by atoms with Gasteiger partial charge in [0, 0.05) is 38.4 Å². The lowest BCUT2D eigenvalue weighted by Crippen LogP contribution is -2.42. The van der Waals surface area contributed by atoms with Crippen LogP contribution >= 0.6 is 0 Å². The molecule has 0 heterocycles. The fourth-order valence-corrected chi connectivity index (χ4v) is 4.19. The summed E-state index contributed by atoms with van der Waals surface area (Å²) in [7, 11) is -2.99. The summed E-state index contributed by atoms with van der Waals surface area (Å²) in [6.07, 6.45) is 4.31. The Morgan fingerprint density at radius 2 is 1.89 bits per heavy atom. The fraction of sp³-hybridized carbons (Fsp3) is 0.923. The van der Waals surface area contributed by atoms with Crippen LogP contribution in [0.15, 0.2) is 0 Å². The van der Waals surface area contributed by atoms with Crippen LogP contribution in [0.5, 0.6) is 0 Å². The molecule has 1 saturated carbocycles. The van der Waals surface area contributed by atoms with E-state index >= 15 is 0 Å². The zero-order valence-corrected chi connectivity index (χ0v) is 13.0. The fourth-order valence-electron chi connectivity index (χ4n) is 2.77. The van der Waals surface area contributed by atoms with E-state index in [1.165, 1.54) is 6.26 Å². The number of rotatable bonds is 7. The van der Waals surface area contributed by atoms with E-state index in [2.05, 4.69) is 5.32 Å². The molecule has 0 aromatic rings. The Balaban J connectivity index is 2.39. The predicted molar refractivity (Wildman–Crippen MR) is 76.8 cm³/mol. The van der Waals surface area contributed by atoms with Crippen molar-refractivity contribution in [2.24, 2.45) is 0 Å². The first-order valence-corrected chi connectivity index (χ1v) is 9.05. The van der Waals surface area contributed by atoms with E-state index < -0.39 is 9.84 Å². The van der Waals surface area contributed by atoms with Crippen molar-refractivity contribution in [2.75, 3.05) is 25.9 Å². The SMILES string of the molecule is CCN(CC)C(=O)CCNC1CCCC1S(C)(=O)=O. The highest BCUT2D eigenvalue weighted by Gasteiger charge is 2.34. The van der Waals surface area contributed by atoms with Gasteiger partial charge in [-0.2, -0.15) is 0 Å². The number of carbonyl (C=O) groups is 1. The Kier molecular flexibility index (Phi) is 6.26. The standard InChI is InChI=1S/C13H26N2O3S/c1-4-15(5-2)13(16)9-10-14-11-7-6-8-12(11)19(3,17)18/h11-12,14H,4-10H2,1-3H3. The molecule has 0 aromatic heterocycles. The average molecular weight is 290 g/mol. The molecule has 1 aliphatic rings. The Morgan fingerprint density at radius 3 is 2.42 bits per heavy atom. The van der Waals surface area contributed by atoms with Crippen LogP contribution in [0.4, 0.5) is 0 Å². The van der Waals surface area contributed by atoms with Gasteiger partial charge >= 0.3 is 0 Å². The van der Waals surface area contributed by atoms with Crippen molar-refractivity contribution in [3.05, 3.63) is 0 Å². The Morgan fingerprint density at radius 1 is 1.26 bits per heavy atom. The molecule has 2 atom stereocenters. The van der Waals surface area contributed by atoms with Crippen LogP contribution in [0, 0.1) is 0 Å². The van der Waals surface area contributed by atoms with E-state index in [0.29, 0.717) is 13.0 Å². The maximum Gasteiger partial charge on any atom is 0.223 e. The van der Waals surface area contributed by atoms with E-state index in [0.717, 1.165) is 32.4 Å². The van der Waals surface area contributed by atoms with Crippen LogP contribution < -0.4 is 5.32 Å². The van der Waals surface area contributed by atoms with Crippen LogP contribution in [-0.4, -0.2) is 56.4 Å². The van der Waals surface area contributed by atoms with Crippen molar-refractivity contribution in [2.45, 2.75) is 50.8 Å². The number of nitrogens with zero attached hydrogens (tertiary/aromatic N) is 1. The van der Waals surface area contributed by atoms with Gasteiger partial charge in [-0.15, -0.1) is 0 Å². The third kappa shape index (κ3) is 4.76. The second kappa shape index (κ2) is 7.24. The predicted octanol–water partition coefficient (Wildman–Crippen LogP) is 0.800. The molecule has 1 rings (SSSR count). The third-order valence-electron chi connectivity index (χ3n) is 3.86. The monoisotopic (exact) mass is 290 g/mol. The van der Waals surface area contributed by atoms with Crippen LogP contribution in [-0.2, 0) is 14.6 Å². The zero-order chi connectivity index (χ0) is 14.5. The Hall–Kier alpha value is -0.620. The first-order valence-electron chi connectivity index (χ1n) is 7.10. The van der Waals surface area contributed by atoms with E-state index in [4.69, 9.17) is 0 Å². The van der Waals surface area contributed by atoms with Gasteiger partial charge in [0.05, 0.1) is 5.25 Å². The van der Waals surface area contributed by atoms with Gasteiger partial charge in [-0.1, -0.05) is 6.42 Å². The van der Waals surface area contributed by atoms with Crippen molar-refractivity contribution in [1.29, 1.82) is 0 Å². The van der Waals surface area contributed by atoms with Gasteiger partial charge in [-0.25, -0.2) is 8.42 Å². The number of nitrogens with one attached hydrogen (secondary N) is 1. The van der Waals surface area contributed by atoms with E-state index in [1.54, 1.807) is 4.90 Å². The van der Waals surface area contributed by atoms with Crippen LogP contribution in [0.1, 0.15) is 39.5 Å². The van der Waals surface area contributed by atoms with Crippen LogP contribution in [0.3, 0.4) is 0 Å². The van der Waals surface area contributed by atoms with Crippen LogP contribution in [0.25, 0.3) is 0 Å². The molecule has 0 saturated heterocycles. The van der Waals surface area contributed by atoms with E-state index in [1.807, 2.05) is 13.8 Å². The molecule has 0 spiro atoms. The smallest absolute Gasteiger partial charge is 0.223 e. The Bertz CT molecular complexity index is 391. The number of sulfone groups is 1. The summed E-state index contributed by atoms with van der Waals surface area (Å²) >= 11 is 0. The molecule has 5 nitrogen and oxygen atoms in total. The largest absolute Gasteiger partial charge is 0.343 e. The minimum atomic E-state index is -2.99. The second-order valence-corrected chi connectivity index (χ2v) is 7.44. The third-order valence-corrected chi connectivity index (χ3v) is 5.53. The van der Waals surface area contributed by atoms with Crippen molar-refractivity contribution in [1.82, 2.24) is 10.2 Å². The minimum absolute atomic E-state index is 0.0134. The second-order valence-electron chi connectivity index (χ2n) is 5.18. The van der Waals surface area contributed by atoms with Crippen molar-refractivity contribution < 1.29 is 13.2 Å². The quantitative estimate of drug-likeness (QED) is 0.753. The van der Waals surface area contributed by atoms with Gasteiger partial charge in [0.15, 0.2) is 9.84 Å². The molecule has 0 radical (unpaired) electrons. The summed E-state index contributed by atoms with van der Waals surface area (Å²) < 4.78 is 23.3. The van der Waals surface area contributed by atoms with Gasteiger partial charge < -0.3 is 10.2 Å². The summed E-state index contributed by atoms with van der Waals surface area (Å²) in [5, 5.41) is 2.96. The number of hydrogen-bond donors (Lipinski definition) is 1. The molecule has 0 aromatic carbocycles. The highest BCUT2D eigenvalue weighted by molar-refractivity contribution is 7.91. The maximum atomic E-state index is 11.8. The zero-order valence-electron chi connectivity index (χ0n) is 12.2. The Labute approximate surface area is 116 Å².